The Morgan fingerprint density at radius 3 is 2.26 bits per heavy atom. The second kappa shape index (κ2) is 8.03. The Labute approximate surface area is 182 Å². The third-order valence-corrected chi connectivity index (χ3v) is 6.52. The van der Waals surface area contributed by atoms with Crippen molar-refractivity contribution in [1.29, 1.82) is 0 Å². The molecule has 0 aromatic heterocycles. The maximum Gasteiger partial charge on any atom is 0.237 e. The third-order valence-electron chi connectivity index (χ3n) is 6.52. The molecule has 0 spiro atoms. The fourth-order valence-electron chi connectivity index (χ4n) is 4.94. The van der Waals surface area contributed by atoms with E-state index in [-0.39, 0.29) is 23.7 Å². The summed E-state index contributed by atoms with van der Waals surface area (Å²) in [7, 11) is 0. The molecule has 3 aromatic rings. The molecule has 1 heterocycles. The van der Waals surface area contributed by atoms with E-state index >= 15 is 0 Å². The van der Waals surface area contributed by atoms with Gasteiger partial charge in [0.05, 0.1) is 17.5 Å². The second-order valence-electron chi connectivity index (χ2n) is 8.56. The van der Waals surface area contributed by atoms with E-state index in [9.17, 15) is 9.59 Å². The smallest absolute Gasteiger partial charge is 0.237 e. The van der Waals surface area contributed by atoms with Gasteiger partial charge in [-0.15, -0.1) is 0 Å². The first-order valence-electron chi connectivity index (χ1n) is 10.9. The number of imide groups is 1. The molecule has 3 aromatic carbocycles. The van der Waals surface area contributed by atoms with E-state index in [4.69, 9.17) is 4.74 Å². The molecule has 1 aliphatic carbocycles. The van der Waals surface area contributed by atoms with Crippen LogP contribution in [0, 0.1) is 18.8 Å². The molecular formula is C27H25NO3. The molecule has 1 saturated carbocycles. The van der Waals surface area contributed by atoms with Crippen LogP contribution in [0.25, 0.3) is 0 Å². The van der Waals surface area contributed by atoms with Crippen LogP contribution in [0.3, 0.4) is 0 Å². The van der Waals surface area contributed by atoms with Gasteiger partial charge in [0.1, 0.15) is 11.5 Å². The molecule has 2 amide bonds. The molecule has 2 fully saturated rings. The lowest BCUT2D eigenvalue weighted by Crippen LogP contribution is -2.30. The minimum Gasteiger partial charge on any atom is -0.457 e. The van der Waals surface area contributed by atoms with E-state index in [1.54, 1.807) is 12.1 Å². The van der Waals surface area contributed by atoms with Gasteiger partial charge in [0.25, 0.3) is 0 Å². The van der Waals surface area contributed by atoms with E-state index in [0.29, 0.717) is 17.4 Å². The van der Waals surface area contributed by atoms with E-state index in [1.165, 1.54) is 10.5 Å². The van der Waals surface area contributed by atoms with Crippen molar-refractivity contribution < 1.29 is 14.3 Å². The van der Waals surface area contributed by atoms with Crippen LogP contribution in [-0.2, 0) is 9.59 Å². The van der Waals surface area contributed by atoms with E-state index in [1.807, 2.05) is 61.5 Å². The summed E-state index contributed by atoms with van der Waals surface area (Å²) >= 11 is 0. The Bertz CT molecular complexity index is 1110. The predicted octanol–water partition coefficient (Wildman–Crippen LogP) is 5.86. The number of carbonyl (C=O) groups is 2. The van der Waals surface area contributed by atoms with Gasteiger partial charge in [0.15, 0.2) is 0 Å². The fraction of sp³-hybridized carbons (Fsp3) is 0.259. The van der Waals surface area contributed by atoms with E-state index in [0.717, 1.165) is 30.6 Å². The normalized spacial score (nSPS) is 23.0. The van der Waals surface area contributed by atoms with Crippen LogP contribution in [0.15, 0.2) is 78.9 Å². The topological polar surface area (TPSA) is 46.6 Å². The number of benzene rings is 3. The number of anilines is 1. The van der Waals surface area contributed by atoms with Crippen molar-refractivity contribution in [2.24, 2.45) is 11.8 Å². The molecule has 5 rings (SSSR count). The zero-order valence-electron chi connectivity index (χ0n) is 17.5. The molecule has 3 atom stereocenters. The van der Waals surface area contributed by atoms with Crippen LogP contribution < -0.4 is 9.64 Å². The van der Waals surface area contributed by atoms with Crippen LogP contribution in [0.1, 0.15) is 36.3 Å². The summed E-state index contributed by atoms with van der Waals surface area (Å²) in [4.78, 5) is 27.7. The number of rotatable bonds is 4. The molecule has 4 nitrogen and oxygen atoms in total. The quantitative estimate of drug-likeness (QED) is 0.505. The first-order valence-corrected chi connectivity index (χ1v) is 10.9. The Morgan fingerprint density at radius 2 is 1.52 bits per heavy atom. The van der Waals surface area contributed by atoms with Crippen LogP contribution >= 0.6 is 0 Å². The highest BCUT2D eigenvalue weighted by Gasteiger charge is 2.50. The molecule has 0 N–H and O–H groups in total. The maximum absolute atomic E-state index is 13.2. The van der Waals surface area contributed by atoms with Crippen molar-refractivity contribution in [2.45, 2.75) is 32.1 Å². The van der Waals surface area contributed by atoms with Gasteiger partial charge in [-0.1, -0.05) is 42.5 Å². The lowest BCUT2D eigenvalue weighted by Gasteiger charge is -2.28. The Morgan fingerprint density at radius 1 is 0.774 bits per heavy atom. The first-order chi connectivity index (χ1) is 15.1. The summed E-state index contributed by atoms with van der Waals surface area (Å²) in [6, 6.07) is 25.4. The van der Waals surface area contributed by atoms with Gasteiger partial charge >= 0.3 is 0 Å². The standard InChI is InChI=1S/C27H25NO3/c1-18-6-5-9-23(16-18)31-22-13-11-21(12-14-22)28-26(29)24-15-10-20(17-25(24)27(28)30)19-7-3-2-4-8-19/h2-9,11-14,16,20,24-25H,10,15,17H2,1H3. The Hall–Kier alpha value is -3.40. The molecule has 1 saturated heterocycles. The zero-order valence-corrected chi connectivity index (χ0v) is 17.5. The van der Waals surface area contributed by atoms with Crippen molar-refractivity contribution in [3.63, 3.8) is 0 Å². The molecule has 3 unspecified atom stereocenters. The average molecular weight is 412 g/mol. The Kier molecular flexibility index (Phi) is 5.06. The number of hydrogen-bond donors (Lipinski definition) is 0. The van der Waals surface area contributed by atoms with Crippen molar-refractivity contribution in [1.82, 2.24) is 0 Å². The summed E-state index contributed by atoms with van der Waals surface area (Å²) in [6.07, 6.45) is 2.45. The number of ether oxygens (including phenoxy) is 1. The summed E-state index contributed by atoms with van der Waals surface area (Å²) in [5.74, 6) is 1.22. The van der Waals surface area contributed by atoms with Crippen molar-refractivity contribution in [3.05, 3.63) is 90.0 Å². The van der Waals surface area contributed by atoms with Gasteiger partial charge in [-0.25, -0.2) is 0 Å². The first kappa shape index (κ1) is 19.6. The van der Waals surface area contributed by atoms with E-state index < -0.39 is 0 Å². The highest BCUT2D eigenvalue weighted by Crippen LogP contribution is 2.45. The summed E-state index contributed by atoms with van der Waals surface area (Å²) in [5.41, 5.74) is 3.01. The van der Waals surface area contributed by atoms with Crippen molar-refractivity contribution in [3.8, 4) is 11.5 Å². The van der Waals surface area contributed by atoms with Gasteiger partial charge in [-0.3, -0.25) is 14.5 Å². The molecular weight excluding hydrogens is 386 g/mol. The van der Waals surface area contributed by atoms with Crippen LogP contribution in [0.5, 0.6) is 11.5 Å². The van der Waals surface area contributed by atoms with Gasteiger partial charge in [-0.2, -0.15) is 0 Å². The maximum atomic E-state index is 13.2. The summed E-state index contributed by atoms with van der Waals surface area (Å²) < 4.78 is 5.90. The third kappa shape index (κ3) is 3.74. The highest BCUT2D eigenvalue weighted by molar-refractivity contribution is 6.22. The van der Waals surface area contributed by atoms with Gasteiger partial charge < -0.3 is 4.74 Å². The number of nitrogens with zero attached hydrogens (tertiary/aromatic N) is 1. The number of fused-ring (bicyclic) bond motifs is 1. The van der Waals surface area contributed by atoms with E-state index in [2.05, 4.69) is 12.1 Å². The zero-order chi connectivity index (χ0) is 21.4. The Balaban J connectivity index is 1.33. The van der Waals surface area contributed by atoms with Gasteiger partial charge in [-0.05, 0) is 79.6 Å². The molecule has 1 aliphatic heterocycles. The van der Waals surface area contributed by atoms with Crippen molar-refractivity contribution in [2.75, 3.05) is 4.90 Å². The van der Waals surface area contributed by atoms with Gasteiger partial charge in [0.2, 0.25) is 11.8 Å². The monoisotopic (exact) mass is 411 g/mol. The van der Waals surface area contributed by atoms with Gasteiger partial charge in [0, 0.05) is 0 Å². The fourth-order valence-corrected chi connectivity index (χ4v) is 4.94. The molecule has 0 bridgehead atoms. The largest absolute Gasteiger partial charge is 0.457 e. The minimum absolute atomic E-state index is 0.0612. The lowest BCUT2D eigenvalue weighted by molar-refractivity contribution is -0.122. The van der Waals surface area contributed by atoms with Crippen molar-refractivity contribution >= 4 is 17.5 Å². The predicted molar refractivity (Wildman–Crippen MR) is 120 cm³/mol. The average Bonchev–Trinajstić information content (AvgIpc) is 3.05. The summed E-state index contributed by atoms with van der Waals surface area (Å²) in [5, 5.41) is 0. The number of hydrogen-bond acceptors (Lipinski definition) is 3. The van der Waals surface area contributed by atoms with Crippen LogP contribution in [-0.4, -0.2) is 11.8 Å². The van der Waals surface area contributed by atoms with Crippen LogP contribution in [0.4, 0.5) is 5.69 Å². The van der Waals surface area contributed by atoms with Crippen LogP contribution in [0.2, 0.25) is 0 Å². The highest BCUT2D eigenvalue weighted by atomic mass is 16.5. The lowest BCUT2D eigenvalue weighted by atomic mass is 9.73. The number of carbonyl (C=O) groups excluding carboxylic acids is 2. The minimum atomic E-state index is -0.227. The summed E-state index contributed by atoms with van der Waals surface area (Å²) in [6.45, 7) is 2.02. The number of aryl methyl sites for hydroxylation is 1. The second-order valence-corrected chi connectivity index (χ2v) is 8.56. The SMILES string of the molecule is Cc1cccc(Oc2ccc(N3C(=O)C4CCC(c5ccccc5)CC4C3=O)cc2)c1. The molecule has 2 aliphatic rings. The molecule has 156 valence electrons. The molecule has 4 heteroatoms. The number of amides is 2. The molecule has 0 radical (unpaired) electrons. The molecule has 31 heavy (non-hydrogen) atoms.